The van der Waals surface area contributed by atoms with Crippen LogP contribution < -0.4 is 0 Å². The summed E-state index contributed by atoms with van der Waals surface area (Å²) < 4.78 is 4.80. The molecule has 0 saturated heterocycles. The highest BCUT2D eigenvalue weighted by atomic mass is 16.5. The van der Waals surface area contributed by atoms with Crippen molar-refractivity contribution in [3.63, 3.8) is 0 Å². The Hall–Kier alpha value is -1.15. The van der Waals surface area contributed by atoms with Gasteiger partial charge in [0.05, 0.1) is 13.0 Å². The smallest absolute Gasteiger partial charge is 0.416 e. The average molecular weight is 170 g/mol. The normalized spacial score (nSPS) is 8.83. The van der Waals surface area contributed by atoms with E-state index in [-0.39, 0.29) is 5.71 Å². The fraction of sp³-hybridized carbons (Fsp3) is 0.750. The minimum atomic E-state index is -0.520. The molecule has 0 amide bonds. The Morgan fingerprint density at radius 3 is 2.58 bits per heavy atom. The fourth-order valence-electron chi connectivity index (χ4n) is 0.648. The molecule has 0 unspecified atom stereocenters. The molecule has 4 heteroatoms. The van der Waals surface area contributed by atoms with E-state index < -0.39 is 5.97 Å². The minimum Gasteiger partial charge on any atom is -0.457 e. The van der Waals surface area contributed by atoms with Crippen molar-refractivity contribution in [3.05, 3.63) is 5.53 Å². The average Bonchev–Trinajstić information content (AvgIpc) is 2.07. The molecule has 0 aliphatic rings. The molecule has 0 N–H and O–H groups in total. The molecular weight excluding hydrogens is 156 g/mol. The van der Waals surface area contributed by atoms with E-state index in [1.165, 1.54) is 0 Å². The van der Waals surface area contributed by atoms with E-state index in [2.05, 4.69) is 4.79 Å². The summed E-state index contributed by atoms with van der Waals surface area (Å²) in [5.74, 6) is -0.520. The summed E-state index contributed by atoms with van der Waals surface area (Å²) in [5.41, 5.74) is 8.42. The van der Waals surface area contributed by atoms with Gasteiger partial charge in [-0.3, -0.25) is 0 Å². The number of carbonyl (C=O) groups excluding carboxylic acids is 1. The Balaban J connectivity index is 3.79. The highest BCUT2D eigenvalue weighted by Gasteiger charge is 2.18. The Bertz CT molecular complexity index is 195. The van der Waals surface area contributed by atoms with Crippen molar-refractivity contribution in [1.82, 2.24) is 0 Å². The highest BCUT2D eigenvalue weighted by Crippen LogP contribution is 1.91. The number of ether oxygens (including phenoxy) is 1. The second-order valence-corrected chi connectivity index (χ2v) is 2.39. The zero-order valence-corrected chi connectivity index (χ0v) is 7.54. The molecule has 0 rings (SSSR count). The fourth-order valence-corrected chi connectivity index (χ4v) is 0.648. The minimum absolute atomic E-state index is 0.0751. The van der Waals surface area contributed by atoms with Crippen molar-refractivity contribution in [1.29, 1.82) is 0 Å². The Kier molecular flexibility index (Phi) is 5.93. The van der Waals surface area contributed by atoms with Gasteiger partial charge in [0, 0.05) is 0 Å². The summed E-state index contributed by atoms with van der Waals surface area (Å²) in [4.78, 5) is 13.8. The molecule has 0 saturated carbocycles. The van der Waals surface area contributed by atoms with Crippen LogP contribution in [-0.4, -0.2) is 23.1 Å². The lowest BCUT2D eigenvalue weighted by molar-refractivity contribution is -0.140. The van der Waals surface area contributed by atoms with Gasteiger partial charge < -0.3 is 10.3 Å². The first-order valence-corrected chi connectivity index (χ1v) is 4.14. The van der Waals surface area contributed by atoms with Gasteiger partial charge >= 0.3 is 11.7 Å². The molecule has 12 heavy (non-hydrogen) atoms. The number of carbonyl (C=O) groups is 1. The number of hydrogen-bond acceptors (Lipinski definition) is 2. The van der Waals surface area contributed by atoms with Crippen molar-refractivity contribution in [2.24, 2.45) is 0 Å². The third-order valence-electron chi connectivity index (χ3n) is 1.42. The summed E-state index contributed by atoms with van der Waals surface area (Å²) in [7, 11) is 0. The molecule has 0 aliphatic carbocycles. The largest absolute Gasteiger partial charge is 0.457 e. The van der Waals surface area contributed by atoms with Crippen LogP contribution in [0, 0.1) is 0 Å². The van der Waals surface area contributed by atoms with E-state index in [1.54, 1.807) is 6.92 Å². The molecule has 0 atom stereocenters. The van der Waals surface area contributed by atoms with Gasteiger partial charge in [0.2, 0.25) is 0 Å². The number of hydrogen-bond donors (Lipinski definition) is 0. The summed E-state index contributed by atoms with van der Waals surface area (Å²) in [6.45, 7) is 4.14. The second-order valence-electron chi connectivity index (χ2n) is 2.39. The van der Waals surface area contributed by atoms with Gasteiger partial charge in [-0.25, -0.2) is 4.79 Å². The van der Waals surface area contributed by atoms with Gasteiger partial charge in [0.1, 0.15) is 0 Å². The molecule has 0 aliphatic heterocycles. The molecule has 0 bridgehead atoms. The molecule has 0 spiro atoms. The summed E-state index contributed by atoms with van der Waals surface area (Å²) in [5, 5.41) is 0. The summed E-state index contributed by atoms with van der Waals surface area (Å²) in [6.07, 6.45) is 2.21. The molecule has 4 nitrogen and oxygen atoms in total. The third kappa shape index (κ3) is 3.88. The Labute approximate surface area is 72.2 Å². The maximum atomic E-state index is 11.0. The summed E-state index contributed by atoms with van der Waals surface area (Å²) >= 11 is 0. The zero-order chi connectivity index (χ0) is 9.40. The van der Waals surface area contributed by atoms with Gasteiger partial charge in [-0.05, 0) is 6.42 Å². The van der Waals surface area contributed by atoms with Crippen molar-refractivity contribution in [3.8, 4) is 0 Å². The number of esters is 1. The molecule has 0 heterocycles. The van der Waals surface area contributed by atoms with E-state index >= 15 is 0 Å². The van der Waals surface area contributed by atoms with Crippen LogP contribution in [0.4, 0.5) is 0 Å². The summed E-state index contributed by atoms with van der Waals surface area (Å²) in [6, 6.07) is 0. The molecular formula is C8H14N2O2. The number of unbranched alkanes of at least 4 members (excludes halogenated alkanes) is 1. The van der Waals surface area contributed by atoms with E-state index in [0.717, 1.165) is 12.8 Å². The molecule has 0 radical (unpaired) electrons. The molecule has 68 valence electrons. The Morgan fingerprint density at radius 1 is 1.50 bits per heavy atom. The van der Waals surface area contributed by atoms with E-state index in [0.29, 0.717) is 13.0 Å². The van der Waals surface area contributed by atoms with Crippen LogP contribution in [0.2, 0.25) is 0 Å². The van der Waals surface area contributed by atoms with Crippen LogP contribution >= 0.6 is 0 Å². The van der Waals surface area contributed by atoms with Crippen LogP contribution in [0.15, 0.2) is 0 Å². The quantitative estimate of drug-likeness (QED) is 0.206. The standard InChI is InChI=1S/C8H14N2O2/c1-3-5-6-12-8(11)7(4-2)10-9/h3-6H2,1-2H3. The predicted molar refractivity (Wildman–Crippen MR) is 44.8 cm³/mol. The van der Waals surface area contributed by atoms with Crippen molar-refractivity contribution >= 4 is 11.7 Å². The lowest BCUT2D eigenvalue weighted by Crippen LogP contribution is -2.18. The number of rotatable bonds is 5. The van der Waals surface area contributed by atoms with Gasteiger partial charge in [0.25, 0.3) is 0 Å². The lowest BCUT2D eigenvalue weighted by atomic mass is 10.3. The molecule has 0 aromatic carbocycles. The molecule has 0 aromatic rings. The van der Waals surface area contributed by atoms with E-state index in [4.69, 9.17) is 10.3 Å². The van der Waals surface area contributed by atoms with Gasteiger partial charge in [-0.15, -0.1) is 0 Å². The van der Waals surface area contributed by atoms with Crippen molar-refractivity contribution < 1.29 is 14.3 Å². The zero-order valence-electron chi connectivity index (χ0n) is 7.54. The van der Waals surface area contributed by atoms with Crippen LogP contribution in [0.25, 0.3) is 5.53 Å². The van der Waals surface area contributed by atoms with Gasteiger partial charge in [0.15, 0.2) is 0 Å². The van der Waals surface area contributed by atoms with Gasteiger partial charge in [-0.2, -0.15) is 4.79 Å². The van der Waals surface area contributed by atoms with Crippen molar-refractivity contribution in [2.75, 3.05) is 6.61 Å². The first-order valence-electron chi connectivity index (χ1n) is 4.14. The maximum absolute atomic E-state index is 11.0. The van der Waals surface area contributed by atoms with Crippen LogP contribution in [0.3, 0.4) is 0 Å². The second kappa shape index (κ2) is 6.55. The van der Waals surface area contributed by atoms with E-state index in [1.807, 2.05) is 6.92 Å². The topological polar surface area (TPSA) is 62.7 Å². The maximum Gasteiger partial charge on any atom is 0.416 e. The predicted octanol–water partition coefficient (Wildman–Crippen LogP) is 1.41. The highest BCUT2D eigenvalue weighted by molar-refractivity contribution is 6.33. The SMILES string of the molecule is CCCCOC(=O)C(CC)=[N+]=[N-]. The van der Waals surface area contributed by atoms with Crippen LogP contribution in [-0.2, 0) is 9.53 Å². The third-order valence-corrected chi connectivity index (χ3v) is 1.42. The monoisotopic (exact) mass is 170 g/mol. The molecule has 0 fully saturated rings. The van der Waals surface area contributed by atoms with Crippen LogP contribution in [0.5, 0.6) is 0 Å². The Morgan fingerprint density at radius 2 is 2.17 bits per heavy atom. The molecule has 0 aromatic heterocycles. The first-order chi connectivity index (χ1) is 5.76. The van der Waals surface area contributed by atoms with Crippen LogP contribution in [0.1, 0.15) is 33.1 Å². The number of nitrogens with zero attached hydrogens (tertiary/aromatic N) is 2. The van der Waals surface area contributed by atoms with E-state index in [9.17, 15) is 4.79 Å². The van der Waals surface area contributed by atoms with Crippen molar-refractivity contribution in [2.45, 2.75) is 33.1 Å². The first kappa shape index (κ1) is 10.8. The van der Waals surface area contributed by atoms with Gasteiger partial charge in [-0.1, -0.05) is 20.3 Å². The lowest BCUT2D eigenvalue weighted by Gasteiger charge is -1.98.